The van der Waals surface area contributed by atoms with Crippen molar-refractivity contribution in [3.05, 3.63) is 89.2 Å². The molecule has 0 bridgehead atoms. The van der Waals surface area contributed by atoms with Gasteiger partial charge in [-0.1, -0.05) is 11.6 Å². The predicted molar refractivity (Wildman–Crippen MR) is 130 cm³/mol. The lowest BCUT2D eigenvalue weighted by molar-refractivity contribution is -0.136. The molecule has 0 aromatic heterocycles. The van der Waals surface area contributed by atoms with E-state index < -0.39 is 51.9 Å². The molecule has 0 aliphatic rings. The van der Waals surface area contributed by atoms with Gasteiger partial charge in [0.2, 0.25) is 0 Å². The molecule has 0 fully saturated rings. The average molecular weight is 535 g/mol. The van der Waals surface area contributed by atoms with Crippen molar-refractivity contribution >= 4 is 50.8 Å². The molecule has 0 radical (unpaired) electrons. The summed E-state index contributed by atoms with van der Waals surface area (Å²) < 4.78 is 43.6. The molecule has 188 valence electrons. The molecule has 2 amide bonds. The van der Waals surface area contributed by atoms with Crippen LogP contribution in [0.15, 0.2) is 77.7 Å². The van der Waals surface area contributed by atoms with Crippen molar-refractivity contribution in [2.75, 3.05) is 17.2 Å². The maximum absolute atomic E-state index is 12.9. The Hall–Kier alpha value is -3.96. The molecule has 0 saturated carbocycles. The van der Waals surface area contributed by atoms with E-state index >= 15 is 0 Å². The summed E-state index contributed by atoms with van der Waals surface area (Å²) in [6, 6.07) is 16.0. The minimum Gasteiger partial charge on any atom is -0.480 e. The van der Waals surface area contributed by atoms with Crippen LogP contribution in [0.3, 0.4) is 0 Å². The smallest absolute Gasteiger partial charge is 0.411 e. The highest BCUT2D eigenvalue weighted by Gasteiger charge is 2.34. The summed E-state index contributed by atoms with van der Waals surface area (Å²) in [6.07, 6.45) is -1.47. The van der Waals surface area contributed by atoms with Crippen LogP contribution in [0.2, 0.25) is 5.02 Å². The van der Waals surface area contributed by atoms with Crippen molar-refractivity contribution in [1.29, 1.82) is 0 Å². The Kier molecular flexibility index (Phi) is 8.62. The van der Waals surface area contributed by atoms with Crippen LogP contribution in [0.5, 0.6) is 0 Å². The first-order valence-corrected chi connectivity index (χ1v) is 12.3. The van der Waals surface area contributed by atoms with Crippen LogP contribution in [-0.4, -0.2) is 43.4 Å². The Labute approximate surface area is 210 Å². The van der Waals surface area contributed by atoms with E-state index in [1.165, 1.54) is 48.5 Å². The maximum Gasteiger partial charge on any atom is 0.411 e. The van der Waals surface area contributed by atoms with Gasteiger partial charge < -0.3 is 15.2 Å². The lowest BCUT2D eigenvalue weighted by atomic mass is 10.2. The summed E-state index contributed by atoms with van der Waals surface area (Å²) in [5, 5.41) is 13.0. The van der Waals surface area contributed by atoms with Crippen molar-refractivity contribution < 1.29 is 37.0 Å². The maximum atomic E-state index is 12.9. The van der Waals surface area contributed by atoms with Gasteiger partial charge in [-0.05, 0) is 72.8 Å². The predicted octanol–water partition coefficient (Wildman–Crippen LogP) is 4.60. The molecule has 3 aromatic rings. The summed E-state index contributed by atoms with van der Waals surface area (Å²) in [6.45, 7) is -0.502. The van der Waals surface area contributed by atoms with Crippen LogP contribution >= 0.6 is 11.6 Å². The highest BCUT2D eigenvalue weighted by Crippen LogP contribution is 2.22. The number of hydrogen-bond donors (Lipinski definition) is 3. The Bertz CT molecular complexity index is 1350. The fourth-order valence-electron chi connectivity index (χ4n) is 3.05. The molecule has 1 unspecified atom stereocenters. The van der Waals surface area contributed by atoms with Gasteiger partial charge in [-0.2, -0.15) is 0 Å². The van der Waals surface area contributed by atoms with E-state index in [0.717, 1.165) is 12.1 Å². The number of carbonyl (C=O) groups excluding carboxylic acids is 2. The molecule has 3 aromatic carbocycles. The Morgan fingerprint density at radius 3 is 2.03 bits per heavy atom. The molecule has 9 nitrogen and oxygen atoms in total. The minimum atomic E-state index is -4.34. The lowest BCUT2D eigenvalue weighted by Gasteiger charge is -2.15. The SMILES string of the molecule is O=C(Nc1ccc(F)cc1)OCCC(C(=O)O)S(=O)(=O)c1ccc(NC(=O)c2ccc(Cl)cc2)cc1. The van der Waals surface area contributed by atoms with Crippen molar-refractivity contribution in [3.63, 3.8) is 0 Å². The number of carboxylic acid groups (broad SMARTS) is 1. The third-order valence-electron chi connectivity index (χ3n) is 4.90. The molecule has 3 rings (SSSR count). The van der Waals surface area contributed by atoms with Crippen LogP contribution in [0.25, 0.3) is 0 Å². The fourth-order valence-corrected chi connectivity index (χ4v) is 4.70. The van der Waals surface area contributed by atoms with E-state index in [9.17, 15) is 32.3 Å². The summed E-state index contributed by atoms with van der Waals surface area (Å²) in [4.78, 5) is 35.5. The zero-order valence-corrected chi connectivity index (χ0v) is 20.1. The summed E-state index contributed by atoms with van der Waals surface area (Å²) >= 11 is 5.80. The van der Waals surface area contributed by atoms with E-state index in [1.807, 2.05) is 0 Å². The van der Waals surface area contributed by atoms with Crippen molar-refractivity contribution in [2.24, 2.45) is 0 Å². The molecular weight excluding hydrogens is 515 g/mol. The van der Waals surface area contributed by atoms with E-state index in [2.05, 4.69) is 10.6 Å². The Morgan fingerprint density at radius 2 is 1.44 bits per heavy atom. The van der Waals surface area contributed by atoms with Gasteiger partial charge in [0, 0.05) is 28.4 Å². The van der Waals surface area contributed by atoms with Gasteiger partial charge >= 0.3 is 12.1 Å². The van der Waals surface area contributed by atoms with Crippen LogP contribution in [-0.2, 0) is 19.4 Å². The second-order valence-electron chi connectivity index (χ2n) is 7.41. The number of rotatable bonds is 9. The number of anilines is 2. The van der Waals surface area contributed by atoms with Gasteiger partial charge in [0.25, 0.3) is 5.91 Å². The third-order valence-corrected chi connectivity index (χ3v) is 7.27. The first-order chi connectivity index (χ1) is 17.1. The van der Waals surface area contributed by atoms with E-state index in [4.69, 9.17) is 16.3 Å². The number of nitrogens with one attached hydrogen (secondary N) is 2. The third kappa shape index (κ3) is 7.03. The largest absolute Gasteiger partial charge is 0.480 e. The van der Waals surface area contributed by atoms with Crippen molar-refractivity contribution in [2.45, 2.75) is 16.6 Å². The van der Waals surface area contributed by atoms with Crippen LogP contribution in [0, 0.1) is 5.82 Å². The normalized spacial score (nSPS) is 11.8. The number of amides is 2. The van der Waals surface area contributed by atoms with Crippen LogP contribution < -0.4 is 10.6 Å². The zero-order valence-electron chi connectivity index (χ0n) is 18.5. The summed E-state index contributed by atoms with van der Waals surface area (Å²) in [5.74, 6) is -2.56. The standard InChI is InChI=1S/C24H20ClFN2O7S/c25-16-3-1-15(2-4-16)22(29)27-18-9-11-20(12-10-18)36(33,34)21(23(30)31)13-14-35-24(32)28-19-7-5-17(26)6-8-19/h1-12,21H,13-14H2,(H,27,29)(H,28,32)(H,30,31). The number of hydrogen-bond acceptors (Lipinski definition) is 6. The first-order valence-electron chi connectivity index (χ1n) is 10.4. The number of aliphatic carboxylic acids is 1. The van der Waals surface area contributed by atoms with Gasteiger partial charge in [-0.15, -0.1) is 0 Å². The molecule has 0 aliphatic heterocycles. The summed E-state index contributed by atoms with van der Waals surface area (Å²) in [7, 11) is -4.34. The number of carbonyl (C=O) groups is 3. The number of sulfone groups is 1. The van der Waals surface area contributed by atoms with Gasteiger partial charge in [0.15, 0.2) is 15.1 Å². The second kappa shape index (κ2) is 11.6. The molecule has 3 N–H and O–H groups in total. The zero-order chi connectivity index (χ0) is 26.3. The molecule has 12 heteroatoms. The van der Waals surface area contributed by atoms with Gasteiger partial charge in [-0.3, -0.25) is 14.9 Å². The monoisotopic (exact) mass is 534 g/mol. The molecule has 0 saturated heterocycles. The molecule has 0 spiro atoms. The van der Waals surface area contributed by atoms with Gasteiger partial charge in [0.1, 0.15) is 5.82 Å². The van der Waals surface area contributed by atoms with E-state index in [-0.39, 0.29) is 10.6 Å². The molecule has 1 atom stereocenters. The second-order valence-corrected chi connectivity index (χ2v) is 9.98. The molecule has 0 aliphatic carbocycles. The molecule has 0 heterocycles. The number of carboxylic acids is 1. The highest BCUT2D eigenvalue weighted by atomic mass is 35.5. The molecular formula is C24H20ClFN2O7S. The quantitative estimate of drug-likeness (QED) is 0.364. The van der Waals surface area contributed by atoms with E-state index in [0.29, 0.717) is 16.3 Å². The van der Waals surface area contributed by atoms with Crippen LogP contribution in [0.4, 0.5) is 20.6 Å². The first kappa shape index (κ1) is 26.6. The molecule has 36 heavy (non-hydrogen) atoms. The summed E-state index contributed by atoms with van der Waals surface area (Å²) in [5.41, 5.74) is 0.874. The fraction of sp³-hybridized carbons (Fsp3) is 0.125. The van der Waals surface area contributed by atoms with Crippen LogP contribution in [0.1, 0.15) is 16.8 Å². The van der Waals surface area contributed by atoms with E-state index in [1.54, 1.807) is 12.1 Å². The van der Waals surface area contributed by atoms with Gasteiger partial charge in [0.05, 0.1) is 11.5 Å². The highest BCUT2D eigenvalue weighted by molar-refractivity contribution is 7.92. The van der Waals surface area contributed by atoms with Gasteiger partial charge in [-0.25, -0.2) is 17.6 Å². The van der Waals surface area contributed by atoms with Crippen molar-refractivity contribution in [1.82, 2.24) is 0 Å². The Morgan fingerprint density at radius 1 is 0.889 bits per heavy atom. The Balaban J connectivity index is 1.61. The topological polar surface area (TPSA) is 139 Å². The average Bonchev–Trinajstić information content (AvgIpc) is 2.83. The minimum absolute atomic E-state index is 0.243. The van der Waals surface area contributed by atoms with Crippen molar-refractivity contribution in [3.8, 4) is 0 Å². The lowest BCUT2D eigenvalue weighted by Crippen LogP contribution is -2.32. The number of halogens is 2. The number of benzene rings is 3. The number of ether oxygens (including phenoxy) is 1.